The summed E-state index contributed by atoms with van der Waals surface area (Å²) >= 11 is 1.55. The van der Waals surface area contributed by atoms with Gasteiger partial charge in [-0.05, 0) is 50.2 Å². The lowest BCUT2D eigenvalue weighted by molar-refractivity contribution is 0.485. The molecule has 1 fully saturated rings. The van der Waals surface area contributed by atoms with E-state index in [2.05, 4.69) is 28.8 Å². The average molecular weight is 211 g/mol. The van der Waals surface area contributed by atoms with Gasteiger partial charge in [0.2, 0.25) is 0 Å². The highest BCUT2D eigenvalue weighted by Crippen LogP contribution is 2.42. The van der Waals surface area contributed by atoms with Crippen molar-refractivity contribution in [3.05, 3.63) is 10.6 Å². The van der Waals surface area contributed by atoms with E-state index in [-0.39, 0.29) is 0 Å². The summed E-state index contributed by atoms with van der Waals surface area (Å²) < 4.78 is 4.01. The average Bonchev–Trinajstić information content (AvgIpc) is 2.92. The molecule has 4 heteroatoms. The number of hydrogen-bond acceptors (Lipinski definition) is 4. The van der Waals surface area contributed by atoms with Gasteiger partial charge in [0.15, 0.2) is 0 Å². The molecule has 0 bridgehead atoms. The van der Waals surface area contributed by atoms with E-state index in [4.69, 9.17) is 0 Å². The smallest absolute Gasteiger partial charge is 0.0772 e. The van der Waals surface area contributed by atoms with Gasteiger partial charge in [-0.3, -0.25) is 0 Å². The van der Waals surface area contributed by atoms with E-state index in [1.165, 1.54) is 24.1 Å². The zero-order valence-electron chi connectivity index (χ0n) is 8.79. The van der Waals surface area contributed by atoms with E-state index >= 15 is 0 Å². The largest absolute Gasteiger partial charge is 0.309 e. The highest BCUT2D eigenvalue weighted by Gasteiger charge is 2.34. The normalized spacial score (nSPS) is 18.4. The second-order valence-corrected chi connectivity index (χ2v) is 4.78. The minimum Gasteiger partial charge on any atom is -0.309 e. The van der Waals surface area contributed by atoms with Crippen molar-refractivity contribution >= 4 is 11.5 Å². The summed E-state index contributed by atoms with van der Waals surface area (Å²) in [7, 11) is 0. The molecule has 14 heavy (non-hydrogen) atoms. The van der Waals surface area contributed by atoms with Gasteiger partial charge in [0, 0.05) is 6.04 Å². The lowest BCUT2D eigenvalue weighted by Crippen LogP contribution is -2.23. The van der Waals surface area contributed by atoms with Crippen molar-refractivity contribution in [2.75, 3.05) is 6.54 Å². The Kier molecular flexibility index (Phi) is 3.13. The molecule has 1 aromatic rings. The lowest BCUT2D eigenvalue weighted by Gasteiger charge is -2.15. The molecule has 0 spiro atoms. The summed E-state index contributed by atoms with van der Waals surface area (Å²) in [5.41, 5.74) is 1.11. The molecule has 1 atom stereocenters. The summed E-state index contributed by atoms with van der Waals surface area (Å²) in [6.07, 6.45) is 3.91. The monoisotopic (exact) mass is 211 g/mol. The van der Waals surface area contributed by atoms with E-state index in [1.54, 1.807) is 11.5 Å². The third-order valence-corrected chi connectivity index (χ3v) is 3.59. The summed E-state index contributed by atoms with van der Waals surface area (Å²) in [5.74, 6) is 0.836. The fourth-order valence-electron chi connectivity index (χ4n) is 1.73. The van der Waals surface area contributed by atoms with Crippen LogP contribution >= 0.6 is 11.5 Å². The Balaban J connectivity index is 2.06. The number of aromatic nitrogens is 2. The van der Waals surface area contributed by atoms with Crippen LogP contribution in [0.1, 0.15) is 42.8 Å². The molecule has 0 aromatic carbocycles. The zero-order chi connectivity index (χ0) is 9.97. The molecule has 0 radical (unpaired) electrons. The van der Waals surface area contributed by atoms with E-state index in [1.807, 2.05) is 0 Å². The van der Waals surface area contributed by atoms with Gasteiger partial charge in [-0.15, -0.1) is 5.10 Å². The van der Waals surface area contributed by atoms with Crippen LogP contribution in [0.5, 0.6) is 0 Å². The van der Waals surface area contributed by atoms with E-state index in [0.29, 0.717) is 6.04 Å². The quantitative estimate of drug-likeness (QED) is 0.812. The minimum atomic E-state index is 0.523. The predicted octanol–water partition coefficient (Wildman–Crippen LogP) is 2.30. The zero-order valence-corrected chi connectivity index (χ0v) is 9.60. The second-order valence-electron chi connectivity index (χ2n) is 3.99. The number of nitrogens with one attached hydrogen (secondary N) is 1. The fourth-order valence-corrected chi connectivity index (χ4v) is 2.54. The minimum absolute atomic E-state index is 0.523. The van der Waals surface area contributed by atoms with Crippen molar-refractivity contribution in [2.45, 2.75) is 39.2 Å². The van der Waals surface area contributed by atoms with E-state index in [0.717, 1.165) is 18.2 Å². The van der Waals surface area contributed by atoms with Crippen LogP contribution in [-0.4, -0.2) is 16.1 Å². The van der Waals surface area contributed by atoms with Crippen molar-refractivity contribution in [3.63, 3.8) is 0 Å². The van der Waals surface area contributed by atoms with Gasteiger partial charge < -0.3 is 5.32 Å². The Morgan fingerprint density at radius 2 is 2.36 bits per heavy atom. The first kappa shape index (κ1) is 10.1. The van der Waals surface area contributed by atoms with Gasteiger partial charge in [0.25, 0.3) is 0 Å². The molecule has 1 saturated carbocycles. The van der Waals surface area contributed by atoms with Crippen LogP contribution in [0.3, 0.4) is 0 Å². The second kappa shape index (κ2) is 4.36. The fraction of sp³-hybridized carbons (Fsp3) is 0.800. The van der Waals surface area contributed by atoms with Gasteiger partial charge >= 0.3 is 0 Å². The maximum atomic E-state index is 4.08. The summed E-state index contributed by atoms with van der Waals surface area (Å²) in [5, 5.41) is 7.69. The molecule has 0 amide bonds. The molecular weight excluding hydrogens is 194 g/mol. The van der Waals surface area contributed by atoms with Crippen molar-refractivity contribution in [1.82, 2.24) is 14.9 Å². The van der Waals surface area contributed by atoms with Crippen LogP contribution in [0.2, 0.25) is 0 Å². The summed E-state index contributed by atoms with van der Waals surface area (Å²) in [4.78, 5) is 1.35. The van der Waals surface area contributed by atoms with Crippen molar-refractivity contribution < 1.29 is 0 Å². The van der Waals surface area contributed by atoms with Crippen LogP contribution < -0.4 is 5.32 Å². The van der Waals surface area contributed by atoms with Gasteiger partial charge in [0.1, 0.15) is 0 Å². The van der Waals surface area contributed by atoms with Crippen molar-refractivity contribution in [1.29, 1.82) is 0 Å². The van der Waals surface area contributed by atoms with Crippen LogP contribution in [0.25, 0.3) is 0 Å². The van der Waals surface area contributed by atoms with Crippen LogP contribution in [0, 0.1) is 12.8 Å². The molecule has 0 aliphatic heterocycles. The first-order chi connectivity index (χ1) is 6.83. The first-order valence-electron chi connectivity index (χ1n) is 5.35. The van der Waals surface area contributed by atoms with Crippen LogP contribution in [0.15, 0.2) is 0 Å². The Labute approximate surface area is 89.1 Å². The maximum absolute atomic E-state index is 4.08. The molecule has 1 heterocycles. The highest BCUT2D eigenvalue weighted by atomic mass is 32.1. The molecule has 3 nitrogen and oxygen atoms in total. The first-order valence-corrected chi connectivity index (χ1v) is 6.12. The number of rotatable bonds is 5. The Hall–Kier alpha value is -0.480. The summed E-state index contributed by atoms with van der Waals surface area (Å²) in [6.45, 7) is 5.36. The SMILES string of the molecule is CCCNC(c1snnc1C)C1CC1. The third kappa shape index (κ3) is 2.12. The number of hydrogen-bond donors (Lipinski definition) is 1. The maximum Gasteiger partial charge on any atom is 0.0772 e. The summed E-state index contributed by atoms with van der Waals surface area (Å²) in [6, 6.07) is 0.523. The molecule has 1 aliphatic carbocycles. The molecule has 78 valence electrons. The highest BCUT2D eigenvalue weighted by molar-refractivity contribution is 7.05. The Bertz CT molecular complexity index is 293. The Morgan fingerprint density at radius 1 is 1.57 bits per heavy atom. The molecule has 2 rings (SSSR count). The third-order valence-electron chi connectivity index (χ3n) is 2.68. The van der Waals surface area contributed by atoms with E-state index in [9.17, 15) is 0 Å². The van der Waals surface area contributed by atoms with Gasteiger partial charge in [-0.1, -0.05) is 11.4 Å². The number of nitrogens with zero attached hydrogens (tertiary/aromatic N) is 2. The molecule has 0 saturated heterocycles. The molecule has 1 unspecified atom stereocenters. The standard InChI is InChI=1S/C10H17N3S/c1-3-6-11-9(8-4-5-8)10-7(2)12-13-14-10/h8-9,11H,3-6H2,1-2H3. The topological polar surface area (TPSA) is 37.8 Å². The van der Waals surface area contributed by atoms with Crippen LogP contribution in [0.4, 0.5) is 0 Å². The molecule has 1 aliphatic rings. The lowest BCUT2D eigenvalue weighted by atomic mass is 10.1. The van der Waals surface area contributed by atoms with Gasteiger partial charge in [-0.2, -0.15) is 0 Å². The van der Waals surface area contributed by atoms with Gasteiger partial charge in [-0.25, -0.2) is 0 Å². The molecule has 1 N–H and O–H groups in total. The van der Waals surface area contributed by atoms with Crippen LogP contribution in [-0.2, 0) is 0 Å². The van der Waals surface area contributed by atoms with Crippen molar-refractivity contribution in [2.24, 2.45) is 5.92 Å². The predicted molar refractivity (Wildman–Crippen MR) is 58.4 cm³/mol. The van der Waals surface area contributed by atoms with E-state index < -0.39 is 0 Å². The number of aryl methyl sites for hydroxylation is 1. The van der Waals surface area contributed by atoms with Gasteiger partial charge in [0.05, 0.1) is 10.6 Å². The molecule has 1 aromatic heterocycles. The molecular formula is C10H17N3S. The van der Waals surface area contributed by atoms with Crippen molar-refractivity contribution in [3.8, 4) is 0 Å². The Morgan fingerprint density at radius 3 is 2.86 bits per heavy atom.